The van der Waals surface area contributed by atoms with Gasteiger partial charge in [0.05, 0.1) is 6.61 Å². The normalized spacial score (nSPS) is 36.1. The van der Waals surface area contributed by atoms with Crippen molar-refractivity contribution in [1.29, 1.82) is 0 Å². The molecule has 0 amide bonds. The van der Waals surface area contributed by atoms with Gasteiger partial charge in [0.15, 0.2) is 0 Å². The molecular weight excluding hydrogens is 462 g/mol. The average Bonchev–Trinajstić information content (AvgIpc) is 2.31. The zero-order valence-electron chi connectivity index (χ0n) is 9.28. The van der Waals surface area contributed by atoms with Gasteiger partial charge in [-0.15, -0.1) is 0 Å². The number of aliphatic hydroxyl groups excluding tert-OH is 3. The van der Waals surface area contributed by atoms with Gasteiger partial charge in [-0.3, -0.25) is 0 Å². The van der Waals surface area contributed by atoms with E-state index in [0.717, 1.165) is 0 Å². The van der Waals surface area contributed by atoms with Crippen LogP contribution in [0.4, 0.5) is 0 Å². The zero-order valence-corrected chi connectivity index (χ0v) is 14.0. The fourth-order valence-electron chi connectivity index (χ4n) is 1.42. The number of ether oxygens (including phenoxy) is 2. The molecule has 1 aliphatic heterocycles. The highest BCUT2D eigenvalue weighted by Crippen LogP contribution is 2.36. The minimum absolute atomic E-state index is 0.249. The summed E-state index contributed by atoms with van der Waals surface area (Å²) in [6.45, 7) is -0.249. The third-order valence-corrected chi connectivity index (χ3v) is 3.35. The molecule has 5 atom stereocenters. The topological polar surface area (TPSA) is 131 Å². The Morgan fingerprint density at radius 3 is 2.26 bits per heavy atom. The van der Waals surface area contributed by atoms with Crippen molar-refractivity contribution in [3.8, 4) is 0 Å². The molecule has 0 radical (unpaired) electrons. The maximum absolute atomic E-state index is 11.6. The summed E-state index contributed by atoms with van der Waals surface area (Å²) in [5.74, 6) is 4.00. The van der Waals surface area contributed by atoms with E-state index in [4.69, 9.17) is 15.4 Å². The maximum Gasteiger partial charge on any atom is 0.347 e. The number of hydrogen-bond donors (Lipinski definition) is 4. The van der Waals surface area contributed by atoms with Crippen LogP contribution in [-0.4, -0.2) is 60.7 Å². The number of esters is 1. The second-order valence-corrected chi connectivity index (χ2v) is 10.5. The number of aliphatic hydroxyl groups is 3. The molecule has 0 bridgehead atoms. The molecule has 8 nitrogen and oxygen atoms in total. The van der Waals surface area contributed by atoms with Crippen LogP contribution < -0.4 is 5.90 Å². The maximum atomic E-state index is 11.6. The van der Waals surface area contributed by atoms with Gasteiger partial charge >= 0.3 is 5.97 Å². The van der Waals surface area contributed by atoms with Gasteiger partial charge < -0.3 is 29.6 Å². The van der Waals surface area contributed by atoms with Crippen LogP contribution in [0.1, 0.15) is 0 Å². The SMILES string of the molecule is NOC[C@H]1O[C@@H](OC(=O)C(Br)(Br)Br)[C@H](O)[C@@H](O)[C@@H]1O. The summed E-state index contributed by atoms with van der Waals surface area (Å²) in [7, 11) is 0. The van der Waals surface area contributed by atoms with E-state index in [0.29, 0.717) is 0 Å². The number of nitrogens with two attached hydrogens (primary N) is 1. The lowest BCUT2D eigenvalue weighted by Crippen LogP contribution is -2.60. The van der Waals surface area contributed by atoms with Crippen molar-refractivity contribution >= 4 is 53.8 Å². The molecule has 0 spiro atoms. The van der Waals surface area contributed by atoms with Crippen molar-refractivity contribution in [3.63, 3.8) is 0 Å². The Balaban J connectivity index is 2.74. The van der Waals surface area contributed by atoms with E-state index in [2.05, 4.69) is 52.6 Å². The van der Waals surface area contributed by atoms with Crippen LogP contribution in [-0.2, 0) is 19.1 Å². The monoisotopic (exact) mass is 471 g/mol. The molecule has 112 valence electrons. The lowest BCUT2D eigenvalue weighted by atomic mass is 9.99. The Morgan fingerprint density at radius 2 is 1.79 bits per heavy atom. The number of hydrogen-bond acceptors (Lipinski definition) is 8. The van der Waals surface area contributed by atoms with E-state index >= 15 is 0 Å². The largest absolute Gasteiger partial charge is 0.430 e. The number of alkyl halides is 3. The highest BCUT2D eigenvalue weighted by molar-refractivity contribution is 9.40. The standard InChI is InChI=1S/C8H12Br3NO7/c9-8(10,11)7(16)19-6-5(15)4(14)3(13)2(18-6)1-17-12/h2-6,13-15H,1,12H2/t2-,3-,4+,5-,6+/m1/s1. The van der Waals surface area contributed by atoms with Crippen molar-refractivity contribution in [1.82, 2.24) is 0 Å². The fraction of sp³-hybridized carbons (Fsp3) is 0.875. The average molecular weight is 474 g/mol. The summed E-state index contributed by atoms with van der Waals surface area (Å²) >= 11 is 8.79. The first kappa shape index (κ1) is 17.7. The predicted molar refractivity (Wildman–Crippen MR) is 72.4 cm³/mol. The number of carbonyl (C=O) groups excluding carboxylic acids is 1. The second kappa shape index (κ2) is 7.09. The van der Waals surface area contributed by atoms with Gasteiger partial charge in [0.25, 0.3) is 0 Å². The van der Waals surface area contributed by atoms with Crippen LogP contribution in [0.2, 0.25) is 0 Å². The molecule has 0 unspecified atom stereocenters. The third-order valence-electron chi connectivity index (χ3n) is 2.38. The summed E-state index contributed by atoms with van der Waals surface area (Å²) in [4.78, 5) is 15.9. The Kier molecular flexibility index (Phi) is 6.61. The van der Waals surface area contributed by atoms with Gasteiger partial charge in [-0.25, -0.2) is 10.7 Å². The van der Waals surface area contributed by atoms with Crippen LogP contribution in [0.3, 0.4) is 0 Å². The quantitative estimate of drug-likeness (QED) is 0.235. The van der Waals surface area contributed by atoms with Crippen LogP contribution in [0.5, 0.6) is 0 Å². The van der Waals surface area contributed by atoms with Crippen molar-refractivity contribution < 1.29 is 34.4 Å². The Hall–Kier alpha value is 0.670. The lowest BCUT2D eigenvalue weighted by molar-refractivity contribution is -0.294. The Bertz CT molecular complexity index is 326. The van der Waals surface area contributed by atoms with Crippen molar-refractivity contribution in [3.05, 3.63) is 0 Å². The van der Waals surface area contributed by atoms with Gasteiger partial charge in [-0.2, -0.15) is 0 Å². The summed E-state index contributed by atoms with van der Waals surface area (Å²) in [6, 6.07) is 0. The second-order valence-electron chi connectivity index (χ2n) is 3.75. The highest BCUT2D eigenvalue weighted by atomic mass is 80.0. The van der Waals surface area contributed by atoms with Gasteiger partial charge in [-0.05, 0) is 47.8 Å². The Labute approximate surface area is 133 Å². The van der Waals surface area contributed by atoms with E-state index in [1.165, 1.54) is 0 Å². The van der Waals surface area contributed by atoms with Gasteiger partial charge in [0.2, 0.25) is 8.43 Å². The molecular formula is C8H12Br3NO7. The van der Waals surface area contributed by atoms with E-state index < -0.39 is 38.8 Å². The summed E-state index contributed by atoms with van der Waals surface area (Å²) in [5, 5.41) is 28.9. The summed E-state index contributed by atoms with van der Waals surface area (Å²) in [6.07, 6.45) is -7.12. The number of rotatable bonds is 3. The molecule has 1 aliphatic rings. The van der Waals surface area contributed by atoms with Crippen LogP contribution in [0, 0.1) is 0 Å². The fourth-order valence-corrected chi connectivity index (χ4v) is 1.70. The molecule has 1 heterocycles. The highest BCUT2D eigenvalue weighted by Gasteiger charge is 2.47. The van der Waals surface area contributed by atoms with Crippen LogP contribution >= 0.6 is 47.8 Å². The lowest BCUT2D eigenvalue weighted by Gasteiger charge is -2.39. The Morgan fingerprint density at radius 1 is 1.21 bits per heavy atom. The first-order valence-corrected chi connectivity index (χ1v) is 7.35. The third kappa shape index (κ3) is 4.58. The molecule has 1 saturated heterocycles. The first-order chi connectivity index (χ1) is 8.68. The molecule has 1 rings (SSSR count). The molecule has 1 fully saturated rings. The van der Waals surface area contributed by atoms with E-state index in [9.17, 15) is 20.1 Å². The number of carbonyl (C=O) groups is 1. The molecule has 0 aromatic carbocycles. The van der Waals surface area contributed by atoms with Gasteiger partial charge in [0, 0.05) is 0 Å². The minimum Gasteiger partial charge on any atom is -0.430 e. The van der Waals surface area contributed by atoms with Crippen LogP contribution in [0.15, 0.2) is 0 Å². The molecule has 0 aromatic heterocycles. The minimum atomic E-state index is -1.61. The predicted octanol–water partition coefficient (Wildman–Crippen LogP) is -0.934. The number of halogens is 3. The van der Waals surface area contributed by atoms with Crippen molar-refractivity contribution in [2.24, 2.45) is 5.90 Å². The van der Waals surface area contributed by atoms with Crippen molar-refractivity contribution in [2.45, 2.75) is 32.8 Å². The van der Waals surface area contributed by atoms with E-state index in [1.54, 1.807) is 0 Å². The molecule has 19 heavy (non-hydrogen) atoms. The zero-order chi connectivity index (χ0) is 14.8. The summed E-state index contributed by atoms with van der Waals surface area (Å²) in [5.41, 5.74) is 0. The summed E-state index contributed by atoms with van der Waals surface area (Å²) < 4.78 is 8.61. The van der Waals surface area contributed by atoms with Gasteiger partial charge in [-0.1, -0.05) is 0 Å². The first-order valence-electron chi connectivity index (χ1n) is 4.97. The van der Waals surface area contributed by atoms with Crippen molar-refractivity contribution in [2.75, 3.05) is 6.61 Å². The van der Waals surface area contributed by atoms with Gasteiger partial charge in [0.1, 0.15) is 24.4 Å². The molecule has 5 N–H and O–H groups in total. The molecule has 0 aliphatic carbocycles. The van der Waals surface area contributed by atoms with Crippen LogP contribution in [0.25, 0.3) is 0 Å². The smallest absolute Gasteiger partial charge is 0.347 e. The molecule has 11 heteroatoms. The molecule has 0 saturated carbocycles. The van der Waals surface area contributed by atoms with E-state index in [1.807, 2.05) is 0 Å². The van der Waals surface area contributed by atoms with E-state index in [-0.39, 0.29) is 6.61 Å². The molecule has 0 aromatic rings.